The Hall–Kier alpha value is -3.39. The molecule has 0 spiro atoms. The van der Waals surface area contributed by atoms with Crippen LogP contribution in [0.2, 0.25) is 0 Å². The fourth-order valence-electron chi connectivity index (χ4n) is 3.77. The van der Waals surface area contributed by atoms with Gasteiger partial charge in [-0.1, -0.05) is 84.4 Å². The maximum atomic E-state index is 4.67. The van der Waals surface area contributed by atoms with Crippen LogP contribution in [0.25, 0.3) is 38.7 Å². The summed E-state index contributed by atoms with van der Waals surface area (Å²) in [5.74, 6) is 0. The molecule has 0 radical (unpaired) electrons. The van der Waals surface area contributed by atoms with Gasteiger partial charge in [-0.15, -0.1) is 0 Å². The third-order valence-corrected chi connectivity index (χ3v) is 4.92. The molecule has 2 heteroatoms. The summed E-state index contributed by atoms with van der Waals surface area (Å²) in [4.78, 5) is 0. The van der Waals surface area contributed by atoms with Crippen molar-refractivity contribution in [2.45, 2.75) is 6.92 Å². The van der Waals surface area contributed by atoms with Crippen LogP contribution in [0, 0.1) is 6.92 Å². The Morgan fingerprint density at radius 3 is 2.12 bits per heavy atom. The predicted octanol–water partition coefficient (Wildman–Crippen LogP) is 6.13. The van der Waals surface area contributed by atoms with Gasteiger partial charge in [0.05, 0.1) is 17.4 Å². The molecule has 2 aromatic heterocycles. The van der Waals surface area contributed by atoms with Gasteiger partial charge in [-0.3, -0.25) is 0 Å². The van der Waals surface area contributed by atoms with Crippen LogP contribution in [-0.4, -0.2) is 9.61 Å². The summed E-state index contributed by atoms with van der Waals surface area (Å²) in [5.41, 5.74) is 7.14. The van der Waals surface area contributed by atoms with E-state index in [4.69, 9.17) is 0 Å². The highest BCUT2D eigenvalue weighted by Crippen LogP contribution is 2.40. The minimum absolute atomic E-state index is 1.13. The first-order valence-electron chi connectivity index (χ1n) is 8.84. The molecule has 0 aliphatic rings. The highest BCUT2D eigenvalue weighted by Gasteiger charge is 2.18. The average molecular weight is 334 g/mol. The van der Waals surface area contributed by atoms with E-state index in [0.717, 1.165) is 11.2 Å². The van der Waals surface area contributed by atoms with E-state index in [1.807, 2.05) is 6.20 Å². The Bertz CT molecular complexity index is 1220. The second-order valence-corrected chi connectivity index (χ2v) is 6.63. The van der Waals surface area contributed by atoms with Crippen molar-refractivity contribution in [1.29, 1.82) is 0 Å². The van der Waals surface area contributed by atoms with Crippen LogP contribution in [0.4, 0.5) is 0 Å². The zero-order valence-corrected chi connectivity index (χ0v) is 14.6. The summed E-state index contributed by atoms with van der Waals surface area (Å²) >= 11 is 0. The van der Waals surface area contributed by atoms with Crippen molar-refractivity contribution in [2.24, 2.45) is 0 Å². The van der Waals surface area contributed by atoms with Gasteiger partial charge in [0.15, 0.2) is 0 Å². The summed E-state index contributed by atoms with van der Waals surface area (Å²) in [5, 5.41) is 7.17. The maximum Gasteiger partial charge on any atom is 0.0809 e. The highest BCUT2D eigenvalue weighted by molar-refractivity contribution is 6.09. The van der Waals surface area contributed by atoms with E-state index in [2.05, 4.69) is 101 Å². The standard InChI is InChI=1S/C24H18N2/c1-17-12-13-20-21(16-17)23(18-8-4-2-5-9-18)24(19-10-6-3-7-11-19)26-22(20)14-15-25-26/h2-16H,1H3. The molecule has 5 rings (SSSR count). The molecule has 5 aromatic rings. The normalized spacial score (nSPS) is 11.3. The Morgan fingerprint density at radius 2 is 1.38 bits per heavy atom. The summed E-state index contributed by atoms with van der Waals surface area (Å²) in [6.07, 6.45) is 1.88. The van der Waals surface area contributed by atoms with Gasteiger partial charge in [-0.25, -0.2) is 4.52 Å². The lowest BCUT2D eigenvalue weighted by molar-refractivity contribution is 0.976. The van der Waals surface area contributed by atoms with Crippen LogP contribution >= 0.6 is 0 Å². The molecule has 0 bridgehead atoms. The first-order valence-corrected chi connectivity index (χ1v) is 8.84. The lowest BCUT2D eigenvalue weighted by Crippen LogP contribution is -1.99. The number of benzene rings is 3. The van der Waals surface area contributed by atoms with Gasteiger partial charge >= 0.3 is 0 Å². The Labute approximate surface area is 152 Å². The van der Waals surface area contributed by atoms with Gasteiger partial charge in [-0.2, -0.15) is 5.10 Å². The molecule has 0 aliphatic carbocycles. The molecule has 0 saturated carbocycles. The molecule has 0 atom stereocenters. The van der Waals surface area contributed by atoms with E-state index in [1.54, 1.807) is 0 Å². The molecule has 3 aromatic carbocycles. The van der Waals surface area contributed by atoms with Crippen molar-refractivity contribution in [3.8, 4) is 22.4 Å². The van der Waals surface area contributed by atoms with Crippen molar-refractivity contribution >= 4 is 16.3 Å². The second-order valence-electron chi connectivity index (χ2n) is 6.63. The lowest BCUT2D eigenvalue weighted by atomic mass is 9.92. The highest BCUT2D eigenvalue weighted by atomic mass is 15.2. The van der Waals surface area contributed by atoms with Crippen molar-refractivity contribution in [2.75, 3.05) is 0 Å². The number of fused-ring (bicyclic) bond motifs is 3. The monoisotopic (exact) mass is 334 g/mol. The van der Waals surface area contributed by atoms with Gasteiger partial charge in [0.25, 0.3) is 0 Å². The summed E-state index contributed by atoms with van der Waals surface area (Å²) in [6, 6.07) is 29.9. The van der Waals surface area contributed by atoms with Crippen molar-refractivity contribution in [3.63, 3.8) is 0 Å². The van der Waals surface area contributed by atoms with Crippen LogP contribution in [0.1, 0.15) is 5.56 Å². The first-order chi connectivity index (χ1) is 12.8. The Morgan fingerprint density at radius 1 is 0.692 bits per heavy atom. The quantitative estimate of drug-likeness (QED) is 0.379. The topological polar surface area (TPSA) is 17.3 Å². The molecule has 0 fully saturated rings. The van der Waals surface area contributed by atoms with Crippen molar-refractivity contribution < 1.29 is 0 Å². The summed E-state index contributed by atoms with van der Waals surface area (Å²) in [7, 11) is 0. The number of aromatic nitrogens is 2. The molecule has 2 heterocycles. The summed E-state index contributed by atoms with van der Waals surface area (Å²) < 4.78 is 2.08. The van der Waals surface area contributed by atoms with E-state index >= 15 is 0 Å². The number of pyridine rings is 1. The lowest BCUT2D eigenvalue weighted by Gasteiger charge is -2.17. The smallest absolute Gasteiger partial charge is 0.0809 e. The number of nitrogens with zero attached hydrogens (tertiary/aromatic N) is 2. The van der Waals surface area contributed by atoms with E-state index < -0.39 is 0 Å². The number of rotatable bonds is 2. The maximum absolute atomic E-state index is 4.67. The predicted molar refractivity (Wildman–Crippen MR) is 108 cm³/mol. The van der Waals surface area contributed by atoms with E-state index in [0.29, 0.717) is 0 Å². The van der Waals surface area contributed by atoms with Crippen LogP contribution in [-0.2, 0) is 0 Å². The average Bonchev–Trinajstić information content (AvgIpc) is 3.17. The molecule has 0 N–H and O–H groups in total. The third-order valence-electron chi connectivity index (χ3n) is 4.92. The van der Waals surface area contributed by atoms with Crippen LogP contribution in [0.5, 0.6) is 0 Å². The Kier molecular flexibility index (Phi) is 3.36. The number of hydrogen-bond donors (Lipinski definition) is 0. The van der Waals surface area contributed by atoms with Gasteiger partial charge in [0.1, 0.15) is 0 Å². The van der Waals surface area contributed by atoms with Crippen molar-refractivity contribution in [3.05, 3.63) is 96.7 Å². The molecule has 2 nitrogen and oxygen atoms in total. The van der Waals surface area contributed by atoms with Gasteiger partial charge in [0.2, 0.25) is 0 Å². The van der Waals surface area contributed by atoms with Crippen LogP contribution in [0.15, 0.2) is 91.1 Å². The van der Waals surface area contributed by atoms with Gasteiger partial charge in [-0.05, 0) is 23.9 Å². The van der Waals surface area contributed by atoms with Crippen molar-refractivity contribution in [1.82, 2.24) is 9.61 Å². The third kappa shape index (κ3) is 2.23. The minimum Gasteiger partial charge on any atom is -0.232 e. The second kappa shape index (κ2) is 5.85. The molecular formula is C24H18N2. The molecule has 0 unspecified atom stereocenters. The molecular weight excluding hydrogens is 316 g/mol. The van der Waals surface area contributed by atoms with Crippen LogP contribution < -0.4 is 0 Å². The Balaban J connectivity index is 2.05. The number of aryl methyl sites for hydroxylation is 1. The largest absolute Gasteiger partial charge is 0.232 e. The fourth-order valence-corrected chi connectivity index (χ4v) is 3.77. The minimum atomic E-state index is 1.13. The molecule has 0 amide bonds. The van der Waals surface area contributed by atoms with Crippen LogP contribution in [0.3, 0.4) is 0 Å². The first kappa shape index (κ1) is 14.9. The van der Waals surface area contributed by atoms with Gasteiger partial charge < -0.3 is 0 Å². The molecule has 124 valence electrons. The molecule has 0 aliphatic heterocycles. The molecule has 0 saturated heterocycles. The fraction of sp³-hybridized carbons (Fsp3) is 0.0417. The summed E-state index contributed by atoms with van der Waals surface area (Å²) in [6.45, 7) is 2.15. The van der Waals surface area contributed by atoms with E-state index in [9.17, 15) is 0 Å². The van der Waals surface area contributed by atoms with E-state index in [1.165, 1.54) is 33.0 Å². The number of hydrogen-bond acceptors (Lipinski definition) is 1. The van der Waals surface area contributed by atoms with E-state index in [-0.39, 0.29) is 0 Å². The van der Waals surface area contributed by atoms with Gasteiger partial charge in [0, 0.05) is 16.5 Å². The zero-order valence-electron chi connectivity index (χ0n) is 14.6. The SMILES string of the molecule is Cc1ccc2c(c1)c(-c1ccccc1)c(-c1ccccc1)n1nccc21. The zero-order chi connectivity index (χ0) is 17.5. The molecule has 26 heavy (non-hydrogen) atoms.